The van der Waals surface area contributed by atoms with Crippen molar-refractivity contribution >= 4 is 23.2 Å². The zero-order chi connectivity index (χ0) is 14.8. The summed E-state index contributed by atoms with van der Waals surface area (Å²) in [5, 5.41) is 13.4. The second kappa shape index (κ2) is 5.50. The van der Waals surface area contributed by atoms with Gasteiger partial charge >= 0.3 is 5.97 Å². The lowest BCUT2D eigenvalue weighted by molar-refractivity contribution is -0.125. The van der Waals surface area contributed by atoms with Crippen LogP contribution in [0.15, 0.2) is 34.1 Å². The fraction of sp³-hybridized carbons (Fsp3) is 0.286. The molecule has 0 unspecified atom stereocenters. The monoisotopic (exact) mass is 293 g/mol. The van der Waals surface area contributed by atoms with Crippen molar-refractivity contribution in [3.8, 4) is 0 Å². The van der Waals surface area contributed by atoms with Crippen LogP contribution in [0.4, 0.5) is 0 Å². The number of amides is 1. The molecule has 0 aliphatic carbocycles. The molecule has 2 heterocycles. The van der Waals surface area contributed by atoms with Gasteiger partial charge in [0.2, 0.25) is 11.7 Å². The normalized spacial score (nSPS) is 11.3. The van der Waals surface area contributed by atoms with Gasteiger partial charge in [0.05, 0.1) is 12.0 Å². The first kappa shape index (κ1) is 14.3. The maximum Gasteiger partial charge on any atom is 0.371 e. The Balaban J connectivity index is 1.99. The standard InChI is InChI=1S/C14H15NO4S/c1-14(2,11-4-3-7-20-11)13(18)15-8-9-5-6-10(19-9)12(16)17/h3-7H,8H2,1-2H3,(H,15,18)(H,16,17). The highest BCUT2D eigenvalue weighted by Crippen LogP contribution is 2.27. The molecule has 5 nitrogen and oxygen atoms in total. The van der Waals surface area contributed by atoms with Crippen LogP contribution in [0.25, 0.3) is 0 Å². The second-order valence-corrected chi connectivity index (χ2v) is 5.80. The molecule has 1 amide bonds. The Morgan fingerprint density at radius 3 is 2.65 bits per heavy atom. The third kappa shape index (κ3) is 2.91. The molecule has 0 aliphatic heterocycles. The number of carboxylic acid groups (broad SMARTS) is 1. The van der Waals surface area contributed by atoms with E-state index in [1.54, 1.807) is 6.07 Å². The summed E-state index contributed by atoms with van der Waals surface area (Å²) in [6.07, 6.45) is 0. The van der Waals surface area contributed by atoms with Crippen molar-refractivity contribution in [3.05, 3.63) is 46.0 Å². The van der Waals surface area contributed by atoms with E-state index in [1.165, 1.54) is 17.4 Å². The van der Waals surface area contributed by atoms with E-state index < -0.39 is 11.4 Å². The summed E-state index contributed by atoms with van der Waals surface area (Å²) in [4.78, 5) is 23.9. The first-order chi connectivity index (χ1) is 9.41. The molecule has 2 N–H and O–H groups in total. The third-order valence-corrected chi connectivity index (χ3v) is 4.19. The smallest absolute Gasteiger partial charge is 0.371 e. The number of carbonyl (C=O) groups excluding carboxylic acids is 1. The lowest BCUT2D eigenvalue weighted by Crippen LogP contribution is -2.39. The average Bonchev–Trinajstić information content (AvgIpc) is 3.06. The minimum Gasteiger partial charge on any atom is -0.475 e. The van der Waals surface area contributed by atoms with Gasteiger partial charge in [-0.05, 0) is 37.4 Å². The van der Waals surface area contributed by atoms with Crippen LogP contribution in [0, 0.1) is 0 Å². The molecule has 6 heteroatoms. The van der Waals surface area contributed by atoms with Gasteiger partial charge in [0.15, 0.2) is 0 Å². The van der Waals surface area contributed by atoms with E-state index in [4.69, 9.17) is 9.52 Å². The van der Waals surface area contributed by atoms with E-state index in [9.17, 15) is 9.59 Å². The first-order valence-electron chi connectivity index (χ1n) is 6.05. The highest BCUT2D eigenvalue weighted by Gasteiger charge is 2.30. The van der Waals surface area contributed by atoms with Crippen molar-refractivity contribution in [2.24, 2.45) is 0 Å². The van der Waals surface area contributed by atoms with Crippen molar-refractivity contribution in [2.75, 3.05) is 0 Å². The Hall–Kier alpha value is -2.08. The van der Waals surface area contributed by atoms with Gasteiger partial charge < -0.3 is 14.8 Å². The topological polar surface area (TPSA) is 79.5 Å². The Morgan fingerprint density at radius 2 is 2.10 bits per heavy atom. The fourth-order valence-corrected chi connectivity index (χ4v) is 2.57. The molecule has 0 radical (unpaired) electrons. The zero-order valence-electron chi connectivity index (χ0n) is 11.2. The molecule has 2 aromatic rings. The van der Waals surface area contributed by atoms with Crippen molar-refractivity contribution in [1.82, 2.24) is 5.32 Å². The lowest BCUT2D eigenvalue weighted by atomic mass is 9.90. The molecule has 0 saturated carbocycles. The van der Waals surface area contributed by atoms with Gasteiger partial charge in [0.25, 0.3) is 0 Å². The van der Waals surface area contributed by atoms with Gasteiger partial charge in [-0.1, -0.05) is 6.07 Å². The van der Waals surface area contributed by atoms with Gasteiger partial charge in [-0.25, -0.2) is 4.79 Å². The number of hydrogen-bond acceptors (Lipinski definition) is 4. The molecule has 2 rings (SSSR count). The van der Waals surface area contributed by atoms with Crippen LogP contribution in [0.5, 0.6) is 0 Å². The third-order valence-electron chi connectivity index (χ3n) is 3.00. The zero-order valence-corrected chi connectivity index (χ0v) is 12.0. The molecular formula is C14H15NO4S. The number of rotatable bonds is 5. The molecule has 0 aliphatic rings. The minimum atomic E-state index is -1.12. The van der Waals surface area contributed by atoms with Crippen LogP contribution in [0.2, 0.25) is 0 Å². The van der Waals surface area contributed by atoms with E-state index in [-0.39, 0.29) is 18.2 Å². The summed E-state index contributed by atoms with van der Waals surface area (Å²) in [5.74, 6) is -0.973. The molecule has 20 heavy (non-hydrogen) atoms. The van der Waals surface area contributed by atoms with Crippen LogP contribution in [-0.4, -0.2) is 17.0 Å². The quantitative estimate of drug-likeness (QED) is 0.888. The summed E-state index contributed by atoms with van der Waals surface area (Å²) in [6.45, 7) is 3.86. The average molecular weight is 293 g/mol. The predicted octanol–water partition coefficient (Wildman–Crippen LogP) is 2.63. The minimum absolute atomic E-state index is 0.131. The fourth-order valence-electron chi connectivity index (χ4n) is 1.72. The number of aromatic carboxylic acids is 1. The Morgan fingerprint density at radius 1 is 1.35 bits per heavy atom. The molecule has 0 spiro atoms. The van der Waals surface area contributed by atoms with Crippen molar-refractivity contribution in [3.63, 3.8) is 0 Å². The number of hydrogen-bond donors (Lipinski definition) is 2. The Bertz CT molecular complexity index is 613. The largest absolute Gasteiger partial charge is 0.475 e. The molecule has 0 atom stereocenters. The maximum atomic E-state index is 12.2. The van der Waals surface area contributed by atoms with Gasteiger partial charge in [-0.2, -0.15) is 0 Å². The van der Waals surface area contributed by atoms with E-state index in [0.717, 1.165) is 4.88 Å². The van der Waals surface area contributed by atoms with Crippen LogP contribution in [0.1, 0.15) is 35.0 Å². The molecule has 0 fully saturated rings. The first-order valence-corrected chi connectivity index (χ1v) is 6.93. The SMILES string of the molecule is CC(C)(C(=O)NCc1ccc(C(=O)O)o1)c1cccs1. The molecule has 0 saturated heterocycles. The summed E-state index contributed by atoms with van der Waals surface area (Å²) >= 11 is 1.53. The summed E-state index contributed by atoms with van der Waals surface area (Å²) < 4.78 is 5.09. The van der Waals surface area contributed by atoms with Crippen molar-refractivity contribution < 1.29 is 19.1 Å². The molecule has 106 valence electrons. The number of furan rings is 1. The Labute approximate surface area is 120 Å². The number of nitrogens with one attached hydrogen (secondary N) is 1. The van der Waals surface area contributed by atoms with Gasteiger partial charge in [0, 0.05) is 4.88 Å². The van der Waals surface area contributed by atoms with E-state index in [0.29, 0.717) is 5.76 Å². The Kier molecular flexibility index (Phi) is 3.94. The van der Waals surface area contributed by atoms with Crippen LogP contribution in [0.3, 0.4) is 0 Å². The maximum absolute atomic E-state index is 12.2. The van der Waals surface area contributed by atoms with E-state index >= 15 is 0 Å². The molecular weight excluding hydrogens is 278 g/mol. The van der Waals surface area contributed by atoms with Crippen LogP contribution >= 0.6 is 11.3 Å². The van der Waals surface area contributed by atoms with Gasteiger partial charge in [0.1, 0.15) is 5.76 Å². The van der Waals surface area contributed by atoms with Gasteiger partial charge in [-0.15, -0.1) is 11.3 Å². The second-order valence-electron chi connectivity index (χ2n) is 4.86. The van der Waals surface area contributed by atoms with Crippen LogP contribution < -0.4 is 5.32 Å². The number of thiophene rings is 1. The predicted molar refractivity (Wildman–Crippen MR) is 74.9 cm³/mol. The molecule has 2 aromatic heterocycles. The number of carbonyl (C=O) groups is 2. The highest BCUT2D eigenvalue weighted by molar-refractivity contribution is 7.10. The van der Waals surface area contributed by atoms with E-state index in [2.05, 4.69) is 5.32 Å². The lowest BCUT2D eigenvalue weighted by Gasteiger charge is -2.21. The van der Waals surface area contributed by atoms with Gasteiger partial charge in [-0.3, -0.25) is 4.79 Å². The van der Waals surface area contributed by atoms with E-state index in [1.807, 2.05) is 31.4 Å². The summed E-state index contributed by atoms with van der Waals surface area (Å²) in [6, 6.07) is 6.73. The molecule has 0 aromatic carbocycles. The van der Waals surface area contributed by atoms with Crippen molar-refractivity contribution in [1.29, 1.82) is 0 Å². The summed E-state index contributed by atoms with van der Waals surface area (Å²) in [7, 11) is 0. The summed E-state index contributed by atoms with van der Waals surface area (Å²) in [5.41, 5.74) is -0.629. The number of carboxylic acids is 1. The van der Waals surface area contributed by atoms with Crippen LogP contribution in [-0.2, 0) is 16.8 Å². The molecule has 0 bridgehead atoms. The van der Waals surface area contributed by atoms with Crippen molar-refractivity contribution in [2.45, 2.75) is 25.8 Å². The highest BCUT2D eigenvalue weighted by atomic mass is 32.1.